The largest absolute Gasteiger partial charge is 0.360 e. The molecule has 0 saturated heterocycles. The lowest BCUT2D eigenvalue weighted by Crippen LogP contribution is -2.11. The number of carbonyl (C=O) groups is 1. The SMILES string of the molecule is O=C(Nc1ccc2c(c1)CCC2)c1c[nH]c2cccc(SCC3=CC=NCC3)c12. The lowest BCUT2D eigenvalue weighted by atomic mass is 10.1. The number of H-pyrrole nitrogens is 1. The molecule has 1 aliphatic heterocycles. The first-order chi connectivity index (χ1) is 14.3. The highest BCUT2D eigenvalue weighted by Gasteiger charge is 2.17. The highest BCUT2D eigenvalue weighted by molar-refractivity contribution is 7.99. The van der Waals surface area contributed by atoms with Gasteiger partial charge in [-0.05, 0) is 67.2 Å². The molecule has 0 atom stereocenters. The zero-order chi connectivity index (χ0) is 19.6. The number of benzene rings is 2. The molecule has 0 radical (unpaired) electrons. The van der Waals surface area contributed by atoms with Crippen LogP contribution < -0.4 is 5.32 Å². The Morgan fingerprint density at radius 3 is 2.97 bits per heavy atom. The fraction of sp³-hybridized carbons (Fsp3) is 0.250. The molecule has 3 aromatic rings. The van der Waals surface area contributed by atoms with Crippen LogP contribution >= 0.6 is 11.8 Å². The Morgan fingerprint density at radius 2 is 2.07 bits per heavy atom. The molecule has 29 heavy (non-hydrogen) atoms. The average Bonchev–Trinajstić information content (AvgIpc) is 3.40. The number of hydrogen-bond donors (Lipinski definition) is 2. The number of allylic oxidation sites excluding steroid dienone is 1. The van der Waals surface area contributed by atoms with Gasteiger partial charge in [0.05, 0.1) is 5.56 Å². The summed E-state index contributed by atoms with van der Waals surface area (Å²) in [5.74, 6) is 0.855. The fourth-order valence-corrected chi connectivity index (χ4v) is 5.23. The van der Waals surface area contributed by atoms with Gasteiger partial charge in [-0.3, -0.25) is 9.79 Å². The molecule has 0 saturated carbocycles. The van der Waals surface area contributed by atoms with E-state index in [0.717, 1.165) is 53.0 Å². The van der Waals surface area contributed by atoms with Crippen molar-refractivity contribution in [3.05, 3.63) is 70.9 Å². The number of aryl methyl sites for hydroxylation is 2. The second kappa shape index (κ2) is 7.91. The number of aromatic amines is 1. The van der Waals surface area contributed by atoms with E-state index in [1.807, 2.05) is 30.6 Å². The molecule has 0 unspecified atom stereocenters. The van der Waals surface area contributed by atoms with Crippen molar-refractivity contribution >= 4 is 40.5 Å². The van der Waals surface area contributed by atoms with Gasteiger partial charge in [0.25, 0.3) is 5.91 Å². The molecule has 4 nitrogen and oxygen atoms in total. The smallest absolute Gasteiger partial charge is 0.257 e. The molecule has 1 aromatic heterocycles. The van der Waals surface area contributed by atoms with Crippen LogP contribution in [0.4, 0.5) is 5.69 Å². The lowest BCUT2D eigenvalue weighted by Gasteiger charge is -2.11. The summed E-state index contributed by atoms with van der Waals surface area (Å²) in [6.45, 7) is 0.870. The minimum absolute atomic E-state index is 0.0636. The van der Waals surface area contributed by atoms with Crippen molar-refractivity contribution in [2.75, 3.05) is 17.6 Å². The van der Waals surface area contributed by atoms with Gasteiger partial charge in [-0.15, -0.1) is 11.8 Å². The molecule has 5 rings (SSSR count). The molecular formula is C24H23N3OS. The molecule has 0 fully saturated rings. The maximum atomic E-state index is 13.1. The second-order valence-electron chi connectivity index (χ2n) is 7.59. The van der Waals surface area contributed by atoms with Crippen molar-refractivity contribution < 1.29 is 4.79 Å². The van der Waals surface area contributed by atoms with Gasteiger partial charge in [-0.2, -0.15) is 0 Å². The minimum atomic E-state index is -0.0636. The summed E-state index contributed by atoms with van der Waals surface area (Å²) in [5, 5.41) is 4.10. The quantitative estimate of drug-likeness (QED) is 0.562. The van der Waals surface area contributed by atoms with Crippen molar-refractivity contribution in [1.29, 1.82) is 0 Å². The summed E-state index contributed by atoms with van der Waals surface area (Å²) in [5.41, 5.74) is 6.73. The summed E-state index contributed by atoms with van der Waals surface area (Å²) in [4.78, 5) is 21.7. The van der Waals surface area contributed by atoms with Crippen molar-refractivity contribution in [1.82, 2.24) is 4.98 Å². The number of hydrogen-bond acceptors (Lipinski definition) is 3. The maximum Gasteiger partial charge on any atom is 0.257 e. The fourth-order valence-electron chi connectivity index (χ4n) is 4.11. The number of dihydropyridines is 1. The van der Waals surface area contributed by atoms with E-state index in [9.17, 15) is 4.79 Å². The lowest BCUT2D eigenvalue weighted by molar-refractivity contribution is 0.102. The molecule has 2 N–H and O–H groups in total. The molecule has 1 amide bonds. The Morgan fingerprint density at radius 1 is 1.14 bits per heavy atom. The van der Waals surface area contributed by atoms with Crippen LogP contribution in [-0.2, 0) is 12.8 Å². The van der Waals surface area contributed by atoms with E-state index in [1.54, 1.807) is 11.8 Å². The van der Waals surface area contributed by atoms with Crippen molar-refractivity contribution in [3.8, 4) is 0 Å². The summed E-state index contributed by atoms with van der Waals surface area (Å²) in [7, 11) is 0. The first-order valence-corrected chi connectivity index (χ1v) is 11.1. The van der Waals surface area contributed by atoms with Crippen molar-refractivity contribution in [2.45, 2.75) is 30.6 Å². The number of thioether (sulfide) groups is 1. The van der Waals surface area contributed by atoms with Crippen molar-refractivity contribution in [2.24, 2.45) is 4.99 Å². The maximum absolute atomic E-state index is 13.1. The zero-order valence-corrected chi connectivity index (χ0v) is 17.0. The molecular weight excluding hydrogens is 378 g/mol. The summed E-state index contributed by atoms with van der Waals surface area (Å²) < 4.78 is 0. The third kappa shape index (κ3) is 3.75. The highest BCUT2D eigenvalue weighted by atomic mass is 32.2. The molecule has 5 heteroatoms. The van der Waals surface area contributed by atoms with E-state index >= 15 is 0 Å². The second-order valence-corrected chi connectivity index (χ2v) is 8.61. The molecule has 0 spiro atoms. The summed E-state index contributed by atoms with van der Waals surface area (Å²) >= 11 is 1.79. The minimum Gasteiger partial charge on any atom is -0.360 e. The van der Waals surface area contributed by atoms with Gasteiger partial charge in [0.1, 0.15) is 0 Å². The number of nitrogens with zero attached hydrogens (tertiary/aromatic N) is 1. The van der Waals surface area contributed by atoms with Crippen LogP contribution in [0.5, 0.6) is 0 Å². The number of fused-ring (bicyclic) bond motifs is 2. The van der Waals surface area contributed by atoms with Gasteiger partial charge >= 0.3 is 0 Å². The molecule has 146 valence electrons. The Balaban J connectivity index is 1.40. The van der Waals surface area contributed by atoms with Gasteiger partial charge in [-0.25, -0.2) is 0 Å². The third-order valence-electron chi connectivity index (χ3n) is 5.66. The predicted octanol–water partition coefficient (Wildman–Crippen LogP) is 5.40. The van der Waals surface area contributed by atoms with Gasteiger partial charge in [0, 0.05) is 46.2 Å². The number of carbonyl (C=O) groups excluding carboxylic acids is 1. The number of aliphatic imine (C=N–C) groups is 1. The third-order valence-corrected chi connectivity index (χ3v) is 6.83. The molecule has 1 aliphatic carbocycles. The average molecular weight is 402 g/mol. The van der Waals surface area contributed by atoms with Crippen LogP contribution in [-0.4, -0.2) is 29.4 Å². The van der Waals surface area contributed by atoms with E-state index in [4.69, 9.17) is 0 Å². The predicted molar refractivity (Wildman–Crippen MR) is 122 cm³/mol. The zero-order valence-electron chi connectivity index (χ0n) is 16.2. The topological polar surface area (TPSA) is 57.2 Å². The molecule has 0 bridgehead atoms. The highest BCUT2D eigenvalue weighted by Crippen LogP contribution is 2.33. The Kier molecular flexibility index (Phi) is 4.98. The van der Waals surface area contributed by atoms with Crippen LogP contribution in [0.1, 0.15) is 34.3 Å². The summed E-state index contributed by atoms with van der Waals surface area (Å²) in [6, 6.07) is 12.5. The van der Waals surface area contributed by atoms with E-state index in [-0.39, 0.29) is 5.91 Å². The van der Waals surface area contributed by atoms with E-state index < -0.39 is 0 Å². The monoisotopic (exact) mass is 401 g/mol. The van der Waals surface area contributed by atoms with Crippen LogP contribution in [0, 0.1) is 0 Å². The first-order valence-electron chi connectivity index (χ1n) is 10.1. The van der Waals surface area contributed by atoms with Crippen LogP contribution in [0.25, 0.3) is 10.9 Å². The van der Waals surface area contributed by atoms with Gasteiger partial charge in [0.2, 0.25) is 0 Å². The van der Waals surface area contributed by atoms with Crippen LogP contribution in [0.2, 0.25) is 0 Å². The number of rotatable bonds is 5. The van der Waals surface area contributed by atoms with E-state index in [1.165, 1.54) is 23.1 Å². The van der Waals surface area contributed by atoms with Crippen molar-refractivity contribution in [3.63, 3.8) is 0 Å². The Bertz CT molecular complexity index is 1140. The normalized spacial score (nSPS) is 15.4. The van der Waals surface area contributed by atoms with Gasteiger partial charge in [-0.1, -0.05) is 17.7 Å². The number of aromatic nitrogens is 1. The van der Waals surface area contributed by atoms with Crippen LogP contribution in [0.3, 0.4) is 0 Å². The Labute approximate surface area is 174 Å². The molecule has 2 aromatic carbocycles. The first kappa shape index (κ1) is 18.3. The molecule has 2 heterocycles. The van der Waals surface area contributed by atoms with E-state index in [0.29, 0.717) is 5.56 Å². The number of anilines is 1. The number of amides is 1. The van der Waals surface area contributed by atoms with Gasteiger partial charge in [0.15, 0.2) is 0 Å². The summed E-state index contributed by atoms with van der Waals surface area (Å²) in [6.07, 6.45) is 10.3. The molecule has 2 aliphatic rings. The Hall–Kier alpha value is -2.79. The van der Waals surface area contributed by atoms with Gasteiger partial charge < -0.3 is 10.3 Å². The van der Waals surface area contributed by atoms with Crippen LogP contribution in [0.15, 0.2) is 64.1 Å². The number of nitrogens with one attached hydrogen (secondary N) is 2. The van der Waals surface area contributed by atoms with E-state index in [2.05, 4.69) is 39.6 Å². The standard InChI is InChI=1S/C24H23N3OS/c28-24(27-19-8-7-17-3-1-4-18(17)13-19)20-14-26-21-5-2-6-22(23(20)21)29-15-16-9-11-25-12-10-16/h2,5-9,11,13-14,26H,1,3-4,10,12,15H2,(H,27,28).